The van der Waals surface area contributed by atoms with Crippen LogP contribution in [-0.4, -0.2) is 96.7 Å². The first-order chi connectivity index (χ1) is 41.6. The Hall–Kier alpha value is -1.94. The number of hydrogen-bond acceptors (Lipinski definition) is 15. The molecule has 0 saturated carbocycles. The molecule has 0 aliphatic rings. The first-order valence-electron chi connectivity index (χ1n) is 35.2. The molecule has 86 heavy (non-hydrogen) atoms. The van der Waals surface area contributed by atoms with Crippen LogP contribution in [0.25, 0.3) is 0 Å². The molecule has 0 radical (unpaired) electrons. The van der Waals surface area contributed by atoms with Gasteiger partial charge in [-0.3, -0.25) is 37.3 Å². The lowest BCUT2D eigenvalue weighted by Gasteiger charge is -2.21. The van der Waals surface area contributed by atoms with Crippen LogP contribution >= 0.6 is 15.6 Å². The van der Waals surface area contributed by atoms with Gasteiger partial charge in [-0.2, -0.15) is 0 Å². The maximum Gasteiger partial charge on any atom is 0.472 e. The van der Waals surface area contributed by atoms with Crippen molar-refractivity contribution in [2.24, 2.45) is 5.92 Å². The molecule has 0 saturated heterocycles. The highest BCUT2D eigenvalue weighted by molar-refractivity contribution is 7.47. The molecule has 0 rings (SSSR count). The normalized spacial score (nSPS) is 14.5. The summed E-state index contributed by atoms with van der Waals surface area (Å²) in [4.78, 5) is 72.1. The number of phosphoric acid groups is 2. The second-order valence-electron chi connectivity index (χ2n) is 24.5. The number of phosphoric ester groups is 2. The van der Waals surface area contributed by atoms with Gasteiger partial charge in [0.15, 0.2) is 12.2 Å². The molecule has 0 aromatic rings. The van der Waals surface area contributed by atoms with Gasteiger partial charge in [0.25, 0.3) is 0 Å². The smallest absolute Gasteiger partial charge is 0.462 e. The van der Waals surface area contributed by atoms with Crippen LogP contribution in [0.5, 0.6) is 0 Å². The summed E-state index contributed by atoms with van der Waals surface area (Å²) in [6.07, 6.45) is 46.1. The van der Waals surface area contributed by atoms with Crippen molar-refractivity contribution in [1.82, 2.24) is 0 Å². The number of unbranched alkanes of at least 4 members (excludes halogenated alkanes) is 38. The lowest BCUT2D eigenvalue weighted by atomic mass is 9.99. The van der Waals surface area contributed by atoms with Gasteiger partial charge in [0.05, 0.1) is 26.4 Å². The average Bonchev–Trinajstić information content (AvgIpc) is 3.70. The highest BCUT2D eigenvalue weighted by Crippen LogP contribution is 2.45. The minimum atomic E-state index is -4.95. The Bertz CT molecular complexity index is 1670. The molecular formula is C67H130O17P2. The number of carbonyl (C=O) groups is 4. The minimum absolute atomic E-state index is 0.106. The summed E-state index contributed by atoms with van der Waals surface area (Å²) in [5, 5.41) is 10.5. The van der Waals surface area contributed by atoms with Crippen LogP contribution < -0.4 is 0 Å². The van der Waals surface area contributed by atoms with Crippen LogP contribution in [0.4, 0.5) is 0 Å². The number of hydrogen-bond donors (Lipinski definition) is 3. The van der Waals surface area contributed by atoms with Gasteiger partial charge in [-0.15, -0.1) is 0 Å². The fourth-order valence-corrected chi connectivity index (χ4v) is 11.7. The molecule has 0 spiro atoms. The highest BCUT2D eigenvalue weighted by atomic mass is 31.2. The third kappa shape index (κ3) is 59.7. The summed E-state index contributed by atoms with van der Waals surface area (Å²) in [5.74, 6) is -1.33. The topological polar surface area (TPSA) is 237 Å². The van der Waals surface area contributed by atoms with Crippen LogP contribution in [0.1, 0.15) is 343 Å². The molecule has 510 valence electrons. The largest absolute Gasteiger partial charge is 0.472 e. The van der Waals surface area contributed by atoms with E-state index in [1.165, 1.54) is 161 Å². The molecule has 0 amide bonds. The fraction of sp³-hybridized carbons (Fsp3) is 0.940. The van der Waals surface area contributed by atoms with E-state index in [-0.39, 0.29) is 25.7 Å². The molecule has 17 nitrogen and oxygen atoms in total. The Kier molecular flexibility index (Phi) is 59.2. The van der Waals surface area contributed by atoms with Crippen molar-refractivity contribution in [2.75, 3.05) is 39.6 Å². The number of carbonyl (C=O) groups excluding carboxylic acids is 4. The zero-order valence-electron chi connectivity index (χ0n) is 55.4. The van der Waals surface area contributed by atoms with Gasteiger partial charge >= 0.3 is 39.5 Å². The molecule has 0 aromatic carbocycles. The molecule has 0 fully saturated rings. The van der Waals surface area contributed by atoms with Crippen LogP contribution in [0.3, 0.4) is 0 Å². The van der Waals surface area contributed by atoms with E-state index in [1.54, 1.807) is 0 Å². The van der Waals surface area contributed by atoms with E-state index in [4.69, 9.17) is 37.0 Å². The Balaban J connectivity index is 5.16. The molecule has 3 N–H and O–H groups in total. The summed E-state index contributed by atoms with van der Waals surface area (Å²) >= 11 is 0. The minimum Gasteiger partial charge on any atom is -0.462 e. The Morgan fingerprint density at radius 1 is 0.326 bits per heavy atom. The lowest BCUT2D eigenvalue weighted by Crippen LogP contribution is -2.30. The molecule has 0 aromatic heterocycles. The predicted molar refractivity (Wildman–Crippen MR) is 345 cm³/mol. The molecular weight excluding hydrogens is 1140 g/mol. The Labute approximate surface area is 524 Å². The van der Waals surface area contributed by atoms with E-state index in [2.05, 4.69) is 34.6 Å². The lowest BCUT2D eigenvalue weighted by molar-refractivity contribution is -0.161. The first kappa shape index (κ1) is 84.1. The molecule has 0 bridgehead atoms. The van der Waals surface area contributed by atoms with Crippen molar-refractivity contribution in [1.29, 1.82) is 0 Å². The second kappa shape index (κ2) is 60.6. The van der Waals surface area contributed by atoms with Crippen molar-refractivity contribution in [3.05, 3.63) is 0 Å². The standard InChI is InChI=1S/C67H130O17P2/c1-6-10-13-16-18-20-22-23-24-25-26-27-28-34-38-43-48-53-67(72)84-63(57-78-65(70)51-46-41-36-33-30-29-31-35-40-44-49-60(5)9-4)59-82-86(75,76)80-55-61(68)54-79-85(73,74)81-58-62(56-77-64(69)50-45-39-15-12-8-3)83-66(71)52-47-42-37-32-21-19-17-14-11-7-2/h60-63,68H,6-59H2,1-5H3,(H,73,74)(H,75,76)/t60?,61-,62+,63+/m0/s1. The SMILES string of the molecule is CCCCCCCCCCCCCCCCCCCC(=O)O[C@H](COC(=O)CCCCCCCCCCCCC(C)CC)COP(=O)(O)OC[C@@H](O)COP(=O)(O)OC[C@@H](COC(=O)CCCCCCC)OC(=O)CCCCCCCCCCCC. The van der Waals surface area contributed by atoms with Gasteiger partial charge in [-0.25, -0.2) is 9.13 Å². The fourth-order valence-electron chi connectivity index (χ4n) is 10.1. The van der Waals surface area contributed by atoms with Gasteiger partial charge < -0.3 is 33.8 Å². The van der Waals surface area contributed by atoms with Gasteiger partial charge in [-0.1, -0.05) is 291 Å². The van der Waals surface area contributed by atoms with E-state index in [0.29, 0.717) is 25.7 Å². The van der Waals surface area contributed by atoms with Crippen molar-refractivity contribution in [2.45, 2.75) is 361 Å². The summed E-state index contributed by atoms with van der Waals surface area (Å²) in [7, 11) is -9.88. The third-order valence-corrected chi connectivity index (χ3v) is 17.8. The third-order valence-electron chi connectivity index (χ3n) is 15.9. The van der Waals surface area contributed by atoms with Gasteiger partial charge in [0, 0.05) is 25.7 Å². The van der Waals surface area contributed by atoms with E-state index in [9.17, 15) is 43.2 Å². The van der Waals surface area contributed by atoms with Crippen LogP contribution in [0.15, 0.2) is 0 Å². The number of esters is 4. The highest BCUT2D eigenvalue weighted by Gasteiger charge is 2.30. The molecule has 0 aliphatic heterocycles. The first-order valence-corrected chi connectivity index (χ1v) is 38.2. The van der Waals surface area contributed by atoms with E-state index in [1.807, 2.05) is 0 Å². The van der Waals surface area contributed by atoms with E-state index >= 15 is 0 Å². The molecule has 0 aliphatic carbocycles. The molecule has 19 heteroatoms. The van der Waals surface area contributed by atoms with Crippen molar-refractivity contribution >= 4 is 39.5 Å². The zero-order chi connectivity index (χ0) is 63.5. The zero-order valence-corrected chi connectivity index (χ0v) is 57.2. The van der Waals surface area contributed by atoms with Gasteiger partial charge in [0.1, 0.15) is 19.3 Å². The number of ether oxygens (including phenoxy) is 4. The van der Waals surface area contributed by atoms with Gasteiger partial charge in [-0.05, 0) is 31.6 Å². The van der Waals surface area contributed by atoms with Crippen molar-refractivity contribution < 1.29 is 80.2 Å². The molecule has 6 atom stereocenters. The van der Waals surface area contributed by atoms with Crippen molar-refractivity contribution in [3.63, 3.8) is 0 Å². The quantitative estimate of drug-likeness (QED) is 0.0222. The number of rotatable bonds is 67. The van der Waals surface area contributed by atoms with E-state index in [0.717, 1.165) is 102 Å². The summed E-state index contributed by atoms with van der Waals surface area (Å²) in [6.45, 7) is 7.16. The van der Waals surface area contributed by atoms with Crippen LogP contribution in [-0.2, 0) is 65.4 Å². The van der Waals surface area contributed by atoms with Gasteiger partial charge in [0.2, 0.25) is 0 Å². The number of aliphatic hydroxyl groups excluding tert-OH is 1. The summed E-state index contributed by atoms with van der Waals surface area (Å²) < 4.78 is 67.9. The maximum absolute atomic E-state index is 13.0. The van der Waals surface area contributed by atoms with Crippen LogP contribution in [0, 0.1) is 5.92 Å². The summed E-state index contributed by atoms with van der Waals surface area (Å²) in [5.41, 5.74) is 0. The Morgan fingerprint density at radius 2 is 0.558 bits per heavy atom. The van der Waals surface area contributed by atoms with Crippen molar-refractivity contribution in [3.8, 4) is 0 Å². The number of aliphatic hydroxyl groups is 1. The van der Waals surface area contributed by atoms with E-state index < -0.39 is 97.5 Å². The monoisotopic (exact) mass is 1270 g/mol. The summed E-state index contributed by atoms with van der Waals surface area (Å²) in [6, 6.07) is 0. The van der Waals surface area contributed by atoms with Crippen LogP contribution in [0.2, 0.25) is 0 Å². The molecule has 0 heterocycles. The second-order valence-corrected chi connectivity index (χ2v) is 27.4. The molecule has 3 unspecified atom stereocenters. The Morgan fingerprint density at radius 3 is 0.826 bits per heavy atom. The predicted octanol–water partition coefficient (Wildman–Crippen LogP) is 19.0. The average molecular weight is 1270 g/mol. The maximum atomic E-state index is 13.0.